The van der Waals surface area contributed by atoms with E-state index in [-0.39, 0.29) is 0 Å². The number of anilines is 2. The molecule has 0 saturated heterocycles. The van der Waals surface area contributed by atoms with Gasteiger partial charge in [0.1, 0.15) is 18.4 Å². The predicted octanol–water partition coefficient (Wildman–Crippen LogP) is 2.03. The second kappa shape index (κ2) is 6.26. The summed E-state index contributed by atoms with van der Waals surface area (Å²) in [6.07, 6.45) is 1.59. The first-order valence-corrected chi connectivity index (χ1v) is 5.87. The number of nitrogens with two attached hydrogens (primary N) is 1. The third kappa shape index (κ3) is 3.61. The Kier molecular flexibility index (Phi) is 4.19. The maximum Gasteiger partial charge on any atom is 0.163 e. The molecule has 5 heteroatoms. The summed E-state index contributed by atoms with van der Waals surface area (Å²) in [5.41, 5.74) is 7.39. The Morgan fingerprint density at radius 3 is 2.79 bits per heavy atom. The highest BCUT2D eigenvalue weighted by molar-refractivity contribution is 5.53. The lowest BCUT2D eigenvalue weighted by Gasteiger charge is -2.09. The van der Waals surface area contributed by atoms with Crippen LogP contribution in [0.4, 0.5) is 11.4 Å². The van der Waals surface area contributed by atoms with Crippen molar-refractivity contribution < 1.29 is 4.74 Å². The highest BCUT2D eigenvalue weighted by atomic mass is 16.5. The van der Waals surface area contributed by atoms with Crippen LogP contribution in [-0.2, 0) is 0 Å². The van der Waals surface area contributed by atoms with Gasteiger partial charge in [-0.1, -0.05) is 0 Å². The summed E-state index contributed by atoms with van der Waals surface area (Å²) in [5, 5.41) is 12.0. The molecule has 0 bridgehead atoms. The Balaban J connectivity index is 1.81. The molecule has 0 spiro atoms. The summed E-state index contributed by atoms with van der Waals surface area (Å²) >= 11 is 0. The first kappa shape index (κ1) is 12.7. The van der Waals surface area contributed by atoms with Crippen LogP contribution in [0.5, 0.6) is 5.75 Å². The van der Waals surface area contributed by atoms with E-state index in [9.17, 15) is 0 Å². The molecule has 5 nitrogen and oxygen atoms in total. The molecule has 0 saturated carbocycles. The molecule has 0 aliphatic rings. The average molecular weight is 254 g/mol. The molecule has 0 fully saturated rings. The van der Waals surface area contributed by atoms with Gasteiger partial charge in [-0.25, -0.2) is 4.98 Å². The van der Waals surface area contributed by atoms with Crippen LogP contribution in [-0.4, -0.2) is 18.1 Å². The summed E-state index contributed by atoms with van der Waals surface area (Å²) in [4.78, 5) is 3.97. The largest absolute Gasteiger partial charge is 0.492 e. The summed E-state index contributed by atoms with van der Waals surface area (Å²) in [6, 6.07) is 12.8. The molecule has 0 amide bonds. The number of aromatic nitrogens is 1. The number of nitrogens with one attached hydrogen (secondary N) is 1. The van der Waals surface area contributed by atoms with Crippen LogP contribution >= 0.6 is 0 Å². The molecule has 19 heavy (non-hydrogen) atoms. The zero-order valence-corrected chi connectivity index (χ0v) is 10.3. The number of benzene rings is 1. The number of hydrogen-bond acceptors (Lipinski definition) is 5. The van der Waals surface area contributed by atoms with E-state index in [1.54, 1.807) is 24.4 Å². The lowest BCUT2D eigenvalue weighted by Crippen LogP contribution is -2.12. The van der Waals surface area contributed by atoms with E-state index >= 15 is 0 Å². The molecule has 2 rings (SSSR count). The van der Waals surface area contributed by atoms with Gasteiger partial charge in [-0.15, -0.1) is 0 Å². The normalized spacial score (nSPS) is 9.63. The smallest absolute Gasteiger partial charge is 0.163 e. The van der Waals surface area contributed by atoms with E-state index in [4.69, 9.17) is 15.7 Å². The minimum Gasteiger partial charge on any atom is -0.492 e. The highest BCUT2D eigenvalue weighted by Crippen LogP contribution is 2.13. The number of nitriles is 1. The quantitative estimate of drug-likeness (QED) is 0.630. The van der Waals surface area contributed by atoms with Crippen molar-refractivity contribution in [1.29, 1.82) is 5.26 Å². The average Bonchev–Trinajstić information content (AvgIpc) is 2.46. The molecule has 0 radical (unpaired) electrons. The van der Waals surface area contributed by atoms with Crippen molar-refractivity contribution in [3.8, 4) is 11.8 Å². The minimum absolute atomic E-state index is 0.384. The van der Waals surface area contributed by atoms with Crippen molar-refractivity contribution in [3.63, 3.8) is 0 Å². The van der Waals surface area contributed by atoms with Crippen LogP contribution in [0.1, 0.15) is 5.69 Å². The summed E-state index contributed by atoms with van der Waals surface area (Å²) in [7, 11) is 0. The molecule has 3 N–H and O–H groups in total. The Labute approximate surface area is 111 Å². The zero-order valence-electron chi connectivity index (χ0n) is 10.3. The van der Waals surface area contributed by atoms with E-state index in [1.807, 2.05) is 24.3 Å². The van der Waals surface area contributed by atoms with Gasteiger partial charge in [0.25, 0.3) is 0 Å². The van der Waals surface area contributed by atoms with Crippen LogP contribution in [0.15, 0.2) is 42.6 Å². The monoisotopic (exact) mass is 254 g/mol. The number of nitrogens with zero attached hydrogens (tertiary/aromatic N) is 2. The van der Waals surface area contributed by atoms with Crippen LogP contribution in [0.25, 0.3) is 0 Å². The van der Waals surface area contributed by atoms with E-state index in [2.05, 4.69) is 10.3 Å². The number of hydrogen-bond donors (Lipinski definition) is 2. The Hall–Kier alpha value is -2.74. The topological polar surface area (TPSA) is 84.0 Å². The van der Waals surface area contributed by atoms with Gasteiger partial charge in [-0.3, -0.25) is 0 Å². The van der Waals surface area contributed by atoms with Crippen molar-refractivity contribution in [2.45, 2.75) is 0 Å². The third-order valence-electron chi connectivity index (χ3n) is 2.48. The standard InChI is InChI=1S/C14H14N4O/c15-10-14-13(2-1-7-17-14)18-8-9-19-12-5-3-11(16)4-6-12/h1-7,18H,8-9,16H2. The highest BCUT2D eigenvalue weighted by Gasteiger charge is 2.00. The molecule has 0 atom stereocenters. The molecule has 96 valence electrons. The molecule has 0 unspecified atom stereocenters. The molecule has 1 aromatic carbocycles. The SMILES string of the molecule is N#Cc1ncccc1NCCOc1ccc(N)cc1. The van der Waals surface area contributed by atoms with Gasteiger partial charge >= 0.3 is 0 Å². The second-order valence-electron chi connectivity index (χ2n) is 3.86. The van der Waals surface area contributed by atoms with Gasteiger partial charge in [-0.2, -0.15) is 5.26 Å². The van der Waals surface area contributed by atoms with Gasteiger partial charge in [0.15, 0.2) is 5.69 Å². The van der Waals surface area contributed by atoms with E-state index in [0.717, 1.165) is 5.75 Å². The van der Waals surface area contributed by atoms with E-state index in [0.29, 0.717) is 30.2 Å². The Morgan fingerprint density at radius 1 is 1.26 bits per heavy atom. The second-order valence-corrected chi connectivity index (χ2v) is 3.86. The van der Waals surface area contributed by atoms with Crippen molar-refractivity contribution in [2.75, 3.05) is 24.2 Å². The van der Waals surface area contributed by atoms with Gasteiger partial charge in [0.2, 0.25) is 0 Å². The molecule has 1 aromatic heterocycles. The first-order valence-electron chi connectivity index (χ1n) is 5.87. The lowest BCUT2D eigenvalue weighted by molar-refractivity contribution is 0.333. The van der Waals surface area contributed by atoms with E-state index in [1.165, 1.54) is 0 Å². The van der Waals surface area contributed by atoms with Crippen LogP contribution in [0, 0.1) is 11.3 Å². The fourth-order valence-corrected chi connectivity index (χ4v) is 1.56. The van der Waals surface area contributed by atoms with Crippen LogP contribution in [0.2, 0.25) is 0 Å². The van der Waals surface area contributed by atoms with Crippen molar-refractivity contribution in [2.24, 2.45) is 0 Å². The molecule has 1 heterocycles. The first-order chi connectivity index (χ1) is 9.29. The summed E-state index contributed by atoms with van der Waals surface area (Å²) in [5.74, 6) is 0.766. The summed E-state index contributed by atoms with van der Waals surface area (Å²) in [6.45, 7) is 1.08. The molecule has 2 aromatic rings. The van der Waals surface area contributed by atoms with Crippen LogP contribution in [0.3, 0.4) is 0 Å². The predicted molar refractivity (Wildman–Crippen MR) is 73.8 cm³/mol. The van der Waals surface area contributed by atoms with Crippen molar-refractivity contribution in [1.82, 2.24) is 4.98 Å². The molecular weight excluding hydrogens is 240 g/mol. The Bertz CT molecular complexity index is 575. The maximum absolute atomic E-state index is 8.88. The lowest BCUT2D eigenvalue weighted by atomic mass is 10.3. The van der Waals surface area contributed by atoms with Gasteiger partial charge in [-0.05, 0) is 36.4 Å². The number of nitrogen functional groups attached to an aromatic ring is 1. The van der Waals surface area contributed by atoms with Crippen molar-refractivity contribution in [3.05, 3.63) is 48.3 Å². The fourth-order valence-electron chi connectivity index (χ4n) is 1.56. The van der Waals surface area contributed by atoms with Crippen LogP contribution < -0.4 is 15.8 Å². The number of rotatable bonds is 5. The minimum atomic E-state index is 0.384. The molecular formula is C14H14N4O. The van der Waals surface area contributed by atoms with Gasteiger partial charge in [0, 0.05) is 18.4 Å². The number of pyridine rings is 1. The van der Waals surface area contributed by atoms with E-state index < -0.39 is 0 Å². The maximum atomic E-state index is 8.88. The zero-order chi connectivity index (χ0) is 13.5. The van der Waals surface area contributed by atoms with Gasteiger partial charge < -0.3 is 15.8 Å². The molecule has 0 aliphatic carbocycles. The Morgan fingerprint density at radius 2 is 2.05 bits per heavy atom. The van der Waals surface area contributed by atoms with Gasteiger partial charge in [0.05, 0.1) is 5.69 Å². The summed E-state index contributed by atoms with van der Waals surface area (Å²) < 4.78 is 5.53. The van der Waals surface area contributed by atoms with Crippen molar-refractivity contribution >= 4 is 11.4 Å². The number of ether oxygens (including phenoxy) is 1. The molecule has 0 aliphatic heterocycles. The fraction of sp³-hybridized carbons (Fsp3) is 0.143. The third-order valence-corrected chi connectivity index (χ3v) is 2.48.